The topological polar surface area (TPSA) is 38.5 Å². The van der Waals surface area contributed by atoms with Crippen LogP contribution < -0.4 is 10.6 Å². The summed E-state index contributed by atoms with van der Waals surface area (Å²) < 4.78 is 6.13. The molecule has 0 aromatic heterocycles. The SMILES string of the molecule is CC1=CC=C2C(C1)C1=C(CCC(c3ccc(OCCC4CCCC(C)CC4)cc3)C=C1)N2N. The molecule has 3 heteroatoms. The van der Waals surface area contributed by atoms with Gasteiger partial charge in [-0.25, -0.2) is 5.84 Å². The van der Waals surface area contributed by atoms with Gasteiger partial charge in [0.15, 0.2) is 0 Å². The van der Waals surface area contributed by atoms with Gasteiger partial charge in [-0.15, -0.1) is 0 Å². The van der Waals surface area contributed by atoms with Crippen LogP contribution in [0.3, 0.4) is 0 Å². The van der Waals surface area contributed by atoms with Crippen molar-refractivity contribution >= 4 is 0 Å². The summed E-state index contributed by atoms with van der Waals surface area (Å²) in [7, 11) is 0. The minimum atomic E-state index is 0.428. The lowest BCUT2D eigenvalue weighted by molar-refractivity contribution is 0.266. The highest BCUT2D eigenvalue weighted by Crippen LogP contribution is 2.45. The molecule has 4 aliphatic rings. The van der Waals surface area contributed by atoms with Gasteiger partial charge in [-0.2, -0.15) is 0 Å². The molecule has 3 aliphatic carbocycles. The maximum Gasteiger partial charge on any atom is 0.119 e. The largest absolute Gasteiger partial charge is 0.494 e. The molecule has 1 aromatic rings. The van der Waals surface area contributed by atoms with E-state index in [4.69, 9.17) is 10.6 Å². The molecular weight excluding hydrogens is 404 g/mol. The van der Waals surface area contributed by atoms with E-state index in [2.05, 4.69) is 62.4 Å². The molecule has 1 fully saturated rings. The van der Waals surface area contributed by atoms with E-state index in [0.29, 0.717) is 11.8 Å². The molecule has 1 aromatic carbocycles. The van der Waals surface area contributed by atoms with E-state index in [1.807, 2.05) is 5.01 Å². The monoisotopic (exact) mass is 444 g/mol. The van der Waals surface area contributed by atoms with Crippen LogP contribution >= 0.6 is 0 Å². The quantitative estimate of drug-likeness (QED) is 0.380. The van der Waals surface area contributed by atoms with Crippen molar-refractivity contribution in [3.8, 4) is 5.75 Å². The van der Waals surface area contributed by atoms with Crippen molar-refractivity contribution in [3.05, 3.63) is 76.7 Å². The van der Waals surface area contributed by atoms with Gasteiger partial charge in [0.25, 0.3) is 0 Å². The summed E-state index contributed by atoms with van der Waals surface area (Å²) in [4.78, 5) is 0. The fraction of sp³-hybridized carbons (Fsp3) is 0.533. The molecule has 0 radical (unpaired) electrons. The van der Waals surface area contributed by atoms with Gasteiger partial charge in [0.1, 0.15) is 5.75 Å². The van der Waals surface area contributed by atoms with Crippen LogP contribution in [-0.4, -0.2) is 11.6 Å². The van der Waals surface area contributed by atoms with Crippen molar-refractivity contribution in [2.45, 2.75) is 77.6 Å². The van der Waals surface area contributed by atoms with Gasteiger partial charge in [-0.1, -0.05) is 75.0 Å². The molecule has 4 atom stereocenters. The van der Waals surface area contributed by atoms with Crippen molar-refractivity contribution in [2.24, 2.45) is 23.6 Å². The number of fused-ring (bicyclic) bond motifs is 2. The van der Waals surface area contributed by atoms with Gasteiger partial charge in [0.05, 0.1) is 6.61 Å². The van der Waals surface area contributed by atoms with Crippen molar-refractivity contribution in [1.82, 2.24) is 5.01 Å². The number of rotatable bonds is 5. The lowest BCUT2D eigenvalue weighted by Gasteiger charge is -2.24. The Hall–Kier alpha value is -2.26. The van der Waals surface area contributed by atoms with Crippen molar-refractivity contribution in [1.29, 1.82) is 0 Å². The molecule has 2 N–H and O–H groups in total. The number of hydrogen-bond acceptors (Lipinski definition) is 3. The number of allylic oxidation sites excluding steroid dienone is 7. The Kier molecular flexibility index (Phi) is 6.78. The van der Waals surface area contributed by atoms with Crippen LogP contribution in [0.5, 0.6) is 5.75 Å². The number of hydrogen-bond donors (Lipinski definition) is 1. The number of benzene rings is 1. The van der Waals surface area contributed by atoms with E-state index in [9.17, 15) is 0 Å². The molecule has 5 rings (SSSR count). The van der Waals surface area contributed by atoms with E-state index < -0.39 is 0 Å². The molecule has 0 spiro atoms. The molecule has 0 bridgehead atoms. The Morgan fingerprint density at radius 3 is 2.73 bits per heavy atom. The smallest absolute Gasteiger partial charge is 0.119 e. The van der Waals surface area contributed by atoms with Gasteiger partial charge in [0.2, 0.25) is 0 Å². The van der Waals surface area contributed by atoms with Crippen LogP contribution in [0.2, 0.25) is 0 Å². The average molecular weight is 445 g/mol. The molecule has 176 valence electrons. The van der Waals surface area contributed by atoms with Crippen molar-refractivity contribution < 1.29 is 4.74 Å². The van der Waals surface area contributed by atoms with E-state index in [1.165, 1.54) is 66.6 Å². The van der Waals surface area contributed by atoms with E-state index in [0.717, 1.165) is 43.5 Å². The van der Waals surface area contributed by atoms with E-state index >= 15 is 0 Å². The van der Waals surface area contributed by atoms with Gasteiger partial charge in [-0.05, 0) is 73.8 Å². The Balaban J connectivity index is 1.17. The van der Waals surface area contributed by atoms with Crippen LogP contribution in [0, 0.1) is 17.8 Å². The first-order valence-electron chi connectivity index (χ1n) is 13.1. The number of nitrogens with two attached hydrogens (primary N) is 1. The van der Waals surface area contributed by atoms with Crippen LogP contribution in [0.25, 0.3) is 0 Å². The third kappa shape index (κ3) is 4.99. The van der Waals surface area contributed by atoms with Gasteiger partial charge in [0, 0.05) is 23.2 Å². The summed E-state index contributed by atoms with van der Waals surface area (Å²) in [6.07, 6.45) is 20.5. The molecule has 3 nitrogen and oxygen atoms in total. The van der Waals surface area contributed by atoms with Gasteiger partial charge in [-0.3, -0.25) is 5.01 Å². The second-order valence-corrected chi connectivity index (χ2v) is 10.8. The number of hydrazine groups is 1. The summed E-state index contributed by atoms with van der Waals surface area (Å²) in [6, 6.07) is 8.84. The fourth-order valence-electron chi connectivity index (χ4n) is 6.22. The second kappa shape index (κ2) is 9.93. The first-order chi connectivity index (χ1) is 16.1. The van der Waals surface area contributed by atoms with Crippen LogP contribution in [0.15, 0.2) is 71.1 Å². The summed E-state index contributed by atoms with van der Waals surface area (Å²) in [5.74, 6) is 10.1. The molecule has 0 saturated heterocycles. The molecule has 33 heavy (non-hydrogen) atoms. The minimum Gasteiger partial charge on any atom is -0.494 e. The minimum absolute atomic E-state index is 0.428. The first-order valence-corrected chi connectivity index (χ1v) is 13.1. The molecule has 1 aliphatic heterocycles. The van der Waals surface area contributed by atoms with Crippen molar-refractivity contribution in [3.63, 3.8) is 0 Å². The van der Waals surface area contributed by atoms with Crippen molar-refractivity contribution in [2.75, 3.05) is 6.61 Å². The highest BCUT2D eigenvalue weighted by atomic mass is 16.5. The number of ether oxygens (including phenoxy) is 1. The zero-order valence-corrected chi connectivity index (χ0v) is 20.4. The number of nitrogens with zero attached hydrogens (tertiary/aromatic N) is 1. The standard InChI is InChI=1S/C30H40N2O/c1-21-4-3-5-23(8-6-21)18-19-33-26-13-9-24(10-14-26)25-11-15-27-28-20-22(2)7-16-30(28)32(31)29(27)17-12-25/h7,9-11,13-16,21,23,25,28H,3-6,8,12,17-20,31H2,1-2H3. The Morgan fingerprint density at radius 1 is 1.03 bits per heavy atom. The first kappa shape index (κ1) is 22.5. The fourth-order valence-corrected chi connectivity index (χ4v) is 6.22. The van der Waals surface area contributed by atoms with Gasteiger partial charge >= 0.3 is 0 Å². The zero-order valence-electron chi connectivity index (χ0n) is 20.4. The van der Waals surface area contributed by atoms with Crippen LogP contribution in [0.1, 0.15) is 83.1 Å². The normalized spacial score (nSPS) is 29.6. The zero-order chi connectivity index (χ0) is 22.8. The lowest BCUT2D eigenvalue weighted by Crippen LogP contribution is -2.28. The Morgan fingerprint density at radius 2 is 1.88 bits per heavy atom. The van der Waals surface area contributed by atoms with Crippen LogP contribution in [0.4, 0.5) is 0 Å². The van der Waals surface area contributed by atoms with E-state index in [-0.39, 0.29) is 0 Å². The highest BCUT2D eigenvalue weighted by molar-refractivity contribution is 5.47. The molecule has 1 heterocycles. The summed E-state index contributed by atoms with van der Waals surface area (Å²) in [5.41, 5.74) is 6.79. The predicted octanol–water partition coefficient (Wildman–Crippen LogP) is 7.40. The Labute approximate surface area is 200 Å². The molecular formula is C30H40N2O. The third-order valence-electron chi connectivity index (χ3n) is 8.38. The lowest BCUT2D eigenvalue weighted by atomic mass is 9.87. The predicted molar refractivity (Wildman–Crippen MR) is 136 cm³/mol. The summed E-state index contributed by atoms with van der Waals surface area (Å²) in [6.45, 7) is 5.47. The van der Waals surface area contributed by atoms with E-state index in [1.54, 1.807) is 0 Å². The maximum atomic E-state index is 6.51. The third-order valence-corrected chi connectivity index (χ3v) is 8.38. The summed E-state index contributed by atoms with van der Waals surface area (Å²) in [5, 5.41) is 1.96. The average Bonchev–Trinajstić information content (AvgIpc) is 3.02. The van der Waals surface area contributed by atoms with Gasteiger partial charge < -0.3 is 4.74 Å². The molecule has 4 unspecified atom stereocenters. The Bertz CT molecular complexity index is 968. The maximum absolute atomic E-state index is 6.51. The highest BCUT2D eigenvalue weighted by Gasteiger charge is 2.35. The summed E-state index contributed by atoms with van der Waals surface area (Å²) >= 11 is 0. The molecule has 0 amide bonds. The van der Waals surface area contributed by atoms with Crippen LogP contribution in [-0.2, 0) is 0 Å². The molecule has 1 saturated carbocycles. The second-order valence-electron chi connectivity index (χ2n) is 10.8.